The van der Waals surface area contributed by atoms with Crippen LogP contribution in [-0.2, 0) is 10.0 Å². The molecule has 0 N–H and O–H groups in total. The minimum Gasteiger partial charge on any atom is -0.496 e. The lowest BCUT2D eigenvalue weighted by Gasteiger charge is -2.30. The van der Waals surface area contributed by atoms with Gasteiger partial charge >= 0.3 is 0 Å². The molecule has 4 rings (SSSR count). The van der Waals surface area contributed by atoms with Crippen LogP contribution in [0.2, 0.25) is 0 Å². The molecule has 0 spiro atoms. The molecule has 0 radical (unpaired) electrons. The third-order valence-electron chi connectivity index (χ3n) is 5.55. The van der Waals surface area contributed by atoms with Crippen LogP contribution < -0.4 is 4.74 Å². The number of hydrogen-bond donors (Lipinski definition) is 0. The number of sulfonamides is 1. The molecule has 3 aromatic rings. The summed E-state index contributed by atoms with van der Waals surface area (Å²) < 4.78 is 39.1. The van der Waals surface area contributed by atoms with Crippen LogP contribution in [0.5, 0.6) is 5.75 Å². The first-order chi connectivity index (χ1) is 14.4. The van der Waals surface area contributed by atoms with E-state index in [-0.39, 0.29) is 10.8 Å². The summed E-state index contributed by atoms with van der Waals surface area (Å²) in [6, 6.07) is 12.8. The van der Waals surface area contributed by atoms with E-state index in [1.807, 2.05) is 38.1 Å². The topological polar surface area (TPSA) is 85.5 Å². The molecule has 7 nitrogen and oxygen atoms in total. The first-order valence-corrected chi connectivity index (χ1v) is 11.4. The van der Waals surface area contributed by atoms with Gasteiger partial charge < -0.3 is 9.15 Å². The van der Waals surface area contributed by atoms with E-state index in [1.165, 1.54) is 4.31 Å². The zero-order chi connectivity index (χ0) is 21.3. The number of nitrogens with zero attached hydrogens (tertiary/aromatic N) is 3. The van der Waals surface area contributed by atoms with Crippen molar-refractivity contribution in [2.75, 3.05) is 20.2 Å². The molecule has 1 aromatic heterocycles. The fourth-order valence-electron chi connectivity index (χ4n) is 3.84. The first-order valence-electron chi connectivity index (χ1n) is 9.94. The molecular weight excluding hydrogens is 402 g/mol. The van der Waals surface area contributed by atoms with Gasteiger partial charge in [-0.2, -0.15) is 4.31 Å². The lowest BCUT2D eigenvalue weighted by atomic mass is 10.00. The second-order valence-electron chi connectivity index (χ2n) is 7.59. The molecule has 2 heterocycles. The molecule has 1 aliphatic rings. The van der Waals surface area contributed by atoms with Gasteiger partial charge in [-0.25, -0.2) is 8.42 Å². The number of hydrogen-bond acceptors (Lipinski definition) is 6. The third kappa shape index (κ3) is 3.85. The van der Waals surface area contributed by atoms with Crippen LogP contribution in [0.3, 0.4) is 0 Å². The minimum atomic E-state index is -3.61. The number of aryl methyl sites for hydroxylation is 2. The van der Waals surface area contributed by atoms with Crippen LogP contribution in [-0.4, -0.2) is 43.1 Å². The first kappa shape index (κ1) is 20.6. The van der Waals surface area contributed by atoms with E-state index in [1.54, 1.807) is 25.3 Å². The van der Waals surface area contributed by atoms with Crippen LogP contribution in [0.25, 0.3) is 11.5 Å². The van der Waals surface area contributed by atoms with Gasteiger partial charge in [0.1, 0.15) is 5.75 Å². The molecule has 1 fully saturated rings. The smallest absolute Gasteiger partial charge is 0.248 e. The highest BCUT2D eigenvalue weighted by Gasteiger charge is 2.33. The Hall–Kier alpha value is -2.71. The van der Waals surface area contributed by atoms with Crippen molar-refractivity contribution in [3.63, 3.8) is 0 Å². The van der Waals surface area contributed by atoms with E-state index < -0.39 is 10.0 Å². The number of methoxy groups -OCH3 is 1. The summed E-state index contributed by atoms with van der Waals surface area (Å²) in [6.45, 7) is 4.62. The summed E-state index contributed by atoms with van der Waals surface area (Å²) in [5.41, 5.74) is 2.73. The second kappa shape index (κ2) is 8.20. The lowest BCUT2D eigenvalue weighted by Crippen LogP contribution is -2.39. The number of rotatable bonds is 5. The molecule has 0 bridgehead atoms. The Balaban J connectivity index is 1.56. The fraction of sp³-hybridized carbons (Fsp3) is 0.364. The van der Waals surface area contributed by atoms with Crippen molar-refractivity contribution in [3.05, 3.63) is 59.5 Å². The molecule has 2 aromatic carbocycles. The van der Waals surface area contributed by atoms with E-state index in [0.717, 1.165) is 29.5 Å². The average molecular weight is 428 g/mol. The summed E-state index contributed by atoms with van der Waals surface area (Å²) in [5.74, 6) is 1.49. The fourth-order valence-corrected chi connectivity index (χ4v) is 5.45. The zero-order valence-corrected chi connectivity index (χ0v) is 18.1. The highest BCUT2D eigenvalue weighted by atomic mass is 32.2. The molecular formula is C22H25N3O4S. The van der Waals surface area contributed by atoms with E-state index >= 15 is 0 Å². The van der Waals surface area contributed by atoms with Gasteiger partial charge in [-0.1, -0.05) is 18.2 Å². The lowest BCUT2D eigenvalue weighted by molar-refractivity contribution is 0.286. The summed E-state index contributed by atoms with van der Waals surface area (Å²) in [5, 5.41) is 8.43. The molecule has 0 aliphatic carbocycles. The van der Waals surface area contributed by atoms with Gasteiger partial charge in [0.05, 0.1) is 17.9 Å². The van der Waals surface area contributed by atoms with Crippen LogP contribution in [0.15, 0.2) is 51.8 Å². The van der Waals surface area contributed by atoms with Crippen molar-refractivity contribution >= 4 is 10.0 Å². The predicted octanol–water partition coefficient (Wildman–Crippen LogP) is 3.93. The Morgan fingerprint density at radius 1 is 1.10 bits per heavy atom. The minimum absolute atomic E-state index is 0.127. The quantitative estimate of drug-likeness (QED) is 0.613. The maximum Gasteiger partial charge on any atom is 0.248 e. The number of piperidine rings is 1. The summed E-state index contributed by atoms with van der Waals surface area (Å²) in [6.07, 6.45) is 1.55. The summed E-state index contributed by atoms with van der Waals surface area (Å²) in [7, 11) is -2.04. The largest absolute Gasteiger partial charge is 0.496 e. The van der Waals surface area contributed by atoms with E-state index in [4.69, 9.17) is 9.15 Å². The summed E-state index contributed by atoms with van der Waals surface area (Å²) in [4.78, 5) is 0.271. The monoisotopic (exact) mass is 427 g/mol. The Morgan fingerprint density at radius 2 is 1.90 bits per heavy atom. The normalized spacial score (nSPS) is 17.8. The van der Waals surface area contributed by atoms with Gasteiger partial charge in [0, 0.05) is 18.7 Å². The van der Waals surface area contributed by atoms with Gasteiger partial charge in [-0.05, 0) is 62.1 Å². The van der Waals surface area contributed by atoms with Crippen molar-refractivity contribution in [1.82, 2.24) is 14.5 Å². The summed E-state index contributed by atoms with van der Waals surface area (Å²) >= 11 is 0. The van der Waals surface area contributed by atoms with Crippen molar-refractivity contribution in [3.8, 4) is 17.2 Å². The Morgan fingerprint density at radius 3 is 2.63 bits per heavy atom. The standard InChI is InChI=1S/C22H25N3O4S/c1-15-7-4-5-9-19(15)22-24-23-21(29-22)17-8-6-12-25(14-17)30(26,27)18-10-11-20(28-3)16(2)13-18/h4-5,7,9-11,13,17H,6,8,12,14H2,1-3H3/t17-/m1/s1. The highest BCUT2D eigenvalue weighted by Crippen LogP contribution is 2.32. The van der Waals surface area contributed by atoms with Crippen molar-refractivity contribution in [2.24, 2.45) is 0 Å². The van der Waals surface area contributed by atoms with Crippen LogP contribution in [0, 0.1) is 13.8 Å². The van der Waals surface area contributed by atoms with Crippen molar-refractivity contribution in [1.29, 1.82) is 0 Å². The molecule has 30 heavy (non-hydrogen) atoms. The number of benzene rings is 2. The van der Waals surface area contributed by atoms with Crippen molar-refractivity contribution in [2.45, 2.75) is 37.5 Å². The van der Waals surface area contributed by atoms with Gasteiger partial charge in [0.2, 0.25) is 21.8 Å². The third-order valence-corrected chi connectivity index (χ3v) is 7.41. The molecule has 8 heteroatoms. The zero-order valence-electron chi connectivity index (χ0n) is 17.3. The highest BCUT2D eigenvalue weighted by molar-refractivity contribution is 7.89. The SMILES string of the molecule is COc1ccc(S(=O)(=O)N2CCC[C@@H](c3nnc(-c4ccccc4C)o3)C2)cc1C. The maximum absolute atomic E-state index is 13.2. The van der Waals surface area contributed by atoms with Crippen LogP contribution in [0.4, 0.5) is 0 Å². The van der Waals surface area contributed by atoms with Crippen LogP contribution in [0.1, 0.15) is 35.8 Å². The molecule has 0 amide bonds. The Kier molecular flexibility index (Phi) is 5.62. The molecule has 0 saturated carbocycles. The molecule has 1 saturated heterocycles. The van der Waals surface area contributed by atoms with Crippen molar-refractivity contribution < 1.29 is 17.6 Å². The van der Waals surface area contributed by atoms with Gasteiger partial charge in [0.25, 0.3) is 0 Å². The van der Waals surface area contributed by atoms with E-state index in [2.05, 4.69) is 10.2 Å². The van der Waals surface area contributed by atoms with Gasteiger partial charge in [-0.15, -0.1) is 10.2 Å². The molecule has 158 valence electrons. The molecule has 1 aliphatic heterocycles. The van der Waals surface area contributed by atoms with Crippen LogP contribution >= 0.6 is 0 Å². The predicted molar refractivity (Wildman–Crippen MR) is 113 cm³/mol. The van der Waals surface area contributed by atoms with Gasteiger partial charge in [-0.3, -0.25) is 0 Å². The number of aromatic nitrogens is 2. The maximum atomic E-state index is 13.2. The molecule has 1 atom stereocenters. The Labute approximate surface area is 176 Å². The van der Waals surface area contributed by atoms with E-state index in [9.17, 15) is 8.42 Å². The van der Waals surface area contributed by atoms with Gasteiger partial charge in [0.15, 0.2) is 0 Å². The second-order valence-corrected chi connectivity index (χ2v) is 9.53. The van der Waals surface area contributed by atoms with E-state index in [0.29, 0.717) is 30.6 Å². The Bertz CT molecular complexity index is 1160. The molecule has 0 unspecified atom stereocenters. The average Bonchev–Trinajstić information content (AvgIpc) is 3.24. The number of ether oxygens (including phenoxy) is 1.